The van der Waals surface area contributed by atoms with Gasteiger partial charge in [-0.05, 0) is 0 Å². The lowest BCUT2D eigenvalue weighted by molar-refractivity contribution is -0.0334. The molecular formula is C4H23B5O2. The van der Waals surface area contributed by atoms with Gasteiger partial charge in [-0.3, -0.25) is 0 Å². The van der Waals surface area contributed by atoms with Crippen molar-refractivity contribution in [2.24, 2.45) is 0 Å². The summed E-state index contributed by atoms with van der Waals surface area (Å²) in [5, 5.41) is 0. The highest BCUT2D eigenvalue weighted by Gasteiger charge is 1.94. The molecule has 0 aromatic carbocycles. The fourth-order valence-corrected chi connectivity index (χ4v) is 0.440. The minimum atomic E-state index is 0. The average molecular weight is 157 g/mol. The van der Waals surface area contributed by atoms with Crippen molar-refractivity contribution >= 4 is 42.1 Å². The Bertz CT molecular complexity index is 32.0. The van der Waals surface area contributed by atoms with Crippen LogP contribution in [0.25, 0.3) is 0 Å². The number of hydrogen-bond donors (Lipinski definition) is 0. The molecule has 11 heavy (non-hydrogen) atoms. The Balaban J connectivity index is -0.0000000240. The van der Waals surface area contributed by atoms with Gasteiger partial charge >= 0.3 is 0 Å². The zero-order valence-electron chi connectivity index (χ0n) is 3.64. The second-order valence-electron chi connectivity index (χ2n) is 1.22. The largest absolute Gasteiger partial charge is 0.377 e. The number of rotatable bonds is 0. The maximum atomic E-state index is 4.94. The zero-order chi connectivity index (χ0) is 4.24. The fraction of sp³-hybridized carbons (Fsp3) is 1.00. The highest BCUT2D eigenvalue weighted by atomic mass is 16.6. The second kappa shape index (κ2) is 22.5. The summed E-state index contributed by atoms with van der Waals surface area (Å²) in [6, 6.07) is 0. The normalized spacial score (nSPS) is 13.1. The highest BCUT2D eigenvalue weighted by Crippen LogP contribution is 1.85. The van der Waals surface area contributed by atoms with Gasteiger partial charge in [-0.25, -0.2) is 0 Å². The molecule has 1 rings (SSSR count). The van der Waals surface area contributed by atoms with Crippen LogP contribution in [0.3, 0.4) is 0 Å². The molecule has 0 bridgehead atoms. The smallest absolute Gasteiger partial charge is 0.0814 e. The molecule has 0 amide bonds. The first-order chi connectivity index (χ1) is 3.00. The van der Waals surface area contributed by atoms with E-state index in [1.165, 1.54) is 0 Å². The molecule has 0 atom stereocenters. The van der Waals surface area contributed by atoms with Gasteiger partial charge in [0.2, 0.25) is 0 Å². The van der Waals surface area contributed by atoms with Gasteiger partial charge in [0.15, 0.2) is 0 Å². The van der Waals surface area contributed by atoms with Crippen LogP contribution in [0.5, 0.6) is 0 Å². The Kier molecular flexibility index (Phi) is 61.8. The predicted molar refractivity (Wildman–Crippen MR) is 71.3 cm³/mol. The maximum absolute atomic E-state index is 4.94. The van der Waals surface area contributed by atoms with Gasteiger partial charge in [0.1, 0.15) is 0 Å². The zero-order valence-corrected chi connectivity index (χ0v) is 3.64. The van der Waals surface area contributed by atoms with Crippen LogP contribution in [0.1, 0.15) is 0 Å². The predicted octanol–water partition coefficient (Wildman–Crippen LogP) is -5.89. The van der Waals surface area contributed by atoms with Crippen LogP contribution in [0, 0.1) is 0 Å². The molecule has 1 heterocycles. The van der Waals surface area contributed by atoms with Crippen LogP contribution in [-0.4, -0.2) is 68.5 Å². The summed E-state index contributed by atoms with van der Waals surface area (Å²) in [4.78, 5) is 0. The fourth-order valence-electron chi connectivity index (χ4n) is 0.440. The van der Waals surface area contributed by atoms with Gasteiger partial charge in [0, 0.05) is 0 Å². The van der Waals surface area contributed by atoms with E-state index in [0.717, 1.165) is 26.4 Å². The Labute approximate surface area is 78.7 Å². The summed E-state index contributed by atoms with van der Waals surface area (Å²) in [6.45, 7) is 3.11. The second-order valence-corrected chi connectivity index (χ2v) is 1.22. The summed E-state index contributed by atoms with van der Waals surface area (Å²) in [6.07, 6.45) is 0. The molecule has 0 radical (unpaired) electrons. The number of hydrogen-bond acceptors (Lipinski definition) is 2. The minimum Gasteiger partial charge on any atom is -0.377 e. The molecule has 1 fully saturated rings. The van der Waals surface area contributed by atoms with Crippen molar-refractivity contribution in [3.63, 3.8) is 0 Å². The molecule has 1 aliphatic rings. The molecule has 0 aliphatic carbocycles. The van der Waals surface area contributed by atoms with Crippen LogP contribution in [0.2, 0.25) is 0 Å². The summed E-state index contributed by atoms with van der Waals surface area (Å²) >= 11 is 0. The van der Waals surface area contributed by atoms with E-state index >= 15 is 0 Å². The molecule has 0 aromatic heterocycles. The van der Waals surface area contributed by atoms with E-state index in [9.17, 15) is 0 Å². The lowest BCUT2D eigenvalue weighted by Crippen LogP contribution is -2.16. The Morgan fingerprint density at radius 1 is 0.455 bits per heavy atom. The topological polar surface area (TPSA) is 18.5 Å². The van der Waals surface area contributed by atoms with Gasteiger partial charge in [0.05, 0.1) is 68.5 Å². The molecule has 0 saturated carbocycles. The molecular weight excluding hydrogens is 134 g/mol. The summed E-state index contributed by atoms with van der Waals surface area (Å²) < 4.78 is 9.89. The Hall–Kier alpha value is 0.245. The first-order valence-corrected chi connectivity index (χ1v) is 2.15. The Morgan fingerprint density at radius 3 is 0.727 bits per heavy atom. The molecule has 0 N–H and O–H groups in total. The van der Waals surface area contributed by atoms with E-state index in [-0.39, 0.29) is 42.1 Å². The molecule has 0 aromatic rings. The van der Waals surface area contributed by atoms with Gasteiger partial charge in [-0.15, -0.1) is 0 Å². The monoisotopic (exact) mass is 158 g/mol. The third-order valence-electron chi connectivity index (χ3n) is 0.744. The van der Waals surface area contributed by atoms with Crippen molar-refractivity contribution in [1.82, 2.24) is 0 Å². The van der Waals surface area contributed by atoms with Crippen LogP contribution in [-0.2, 0) is 9.47 Å². The van der Waals surface area contributed by atoms with E-state index in [1.54, 1.807) is 0 Å². The third-order valence-corrected chi connectivity index (χ3v) is 0.744. The van der Waals surface area contributed by atoms with Gasteiger partial charge in [0.25, 0.3) is 0 Å². The van der Waals surface area contributed by atoms with Crippen LogP contribution < -0.4 is 0 Å². The van der Waals surface area contributed by atoms with E-state index < -0.39 is 0 Å². The molecule has 0 unspecified atom stereocenters. The van der Waals surface area contributed by atoms with Gasteiger partial charge in [-0.2, -0.15) is 0 Å². The molecule has 66 valence electrons. The lowest BCUT2D eigenvalue weighted by Gasteiger charge is -2.09. The van der Waals surface area contributed by atoms with E-state index in [1.807, 2.05) is 0 Å². The van der Waals surface area contributed by atoms with Crippen molar-refractivity contribution < 1.29 is 9.47 Å². The third kappa shape index (κ3) is 17.9. The van der Waals surface area contributed by atoms with Crippen molar-refractivity contribution in [2.75, 3.05) is 26.4 Å². The van der Waals surface area contributed by atoms with E-state index in [0.29, 0.717) is 0 Å². The minimum absolute atomic E-state index is 0. The lowest BCUT2D eigenvalue weighted by atomic mass is 10.6. The van der Waals surface area contributed by atoms with Crippen LogP contribution in [0.4, 0.5) is 0 Å². The van der Waals surface area contributed by atoms with Crippen LogP contribution in [0.15, 0.2) is 0 Å². The maximum Gasteiger partial charge on any atom is 0.0814 e. The van der Waals surface area contributed by atoms with Gasteiger partial charge in [-0.1, -0.05) is 0 Å². The standard InChI is InChI=1S/C4H8O2.5BH3/c1-2-6-4-3-5-1;;;;;/h1-4H2;5*1H3. The Morgan fingerprint density at radius 2 is 0.636 bits per heavy atom. The van der Waals surface area contributed by atoms with Gasteiger partial charge < -0.3 is 9.47 Å². The first-order valence-electron chi connectivity index (χ1n) is 2.15. The molecule has 1 aliphatic heterocycles. The average Bonchev–Trinajstić information content (AvgIpc) is 1.72. The SMILES string of the molecule is B.B.B.B.B.C1COCCO1. The van der Waals surface area contributed by atoms with Crippen molar-refractivity contribution in [3.05, 3.63) is 0 Å². The molecule has 0 spiro atoms. The molecule has 7 heteroatoms. The number of ether oxygens (including phenoxy) is 2. The summed E-state index contributed by atoms with van der Waals surface area (Å²) in [7, 11) is 0. The van der Waals surface area contributed by atoms with Crippen molar-refractivity contribution in [2.45, 2.75) is 0 Å². The molecule has 2 nitrogen and oxygen atoms in total. The quantitative estimate of drug-likeness (QED) is 0.326. The molecule has 1 saturated heterocycles. The van der Waals surface area contributed by atoms with Crippen LogP contribution >= 0.6 is 0 Å². The first kappa shape index (κ1) is 30.3. The summed E-state index contributed by atoms with van der Waals surface area (Å²) in [5.74, 6) is 0. The summed E-state index contributed by atoms with van der Waals surface area (Å²) in [5.41, 5.74) is 0. The highest BCUT2D eigenvalue weighted by molar-refractivity contribution is 5.76. The van der Waals surface area contributed by atoms with Crippen molar-refractivity contribution in [1.29, 1.82) is 0 Å². The van der Waals surface area contributed by atoms with E-state index in [2.05, 4.69) is 0 Å². The van der Waals surface area contributed by atoms with Crippen molar-refractivity contribution in [3.8, 4) is 0 Å². The van der Waals surface area contributed by atoms with E-state index in [4.69, 9.17) is 9.47 Å².